The quantitative estimate of drug-likeness (QED) is 0.0843. The van der Waals surface area contributed by atoms with Gasteiger partial charge in [-0.15, -0.1) is 29.1 Å². The second-order valence-electron chi connectivity index (χ2n) is 16.1. The smallest absolute Gasteiger partial charge is 0.177 e. The van der Waals surface area contributed by atoms with Gasteiger partial charge < -0.3 is 13.9 Å². The maximum absolute atomic E-state index is 12.2. The summed E-state index contributed by atoms with van der Waals surface area (Å²) in [5.74, 6) is 1.81. The van der Waals surface area contributed by atoms with Gasteiger partial charge in [0.15, 0.2) is 16.9 Å². The summed E-state index contributed by atoms with van der Waals surface area (Å²) < 4.78 is 12.8. The van der Waals surface area contributed by atoms with Gasteiger partial charge in [0, 0.05) is 71.5 Å². The van der Waals surface area contributed by atoms with Gasteiger partial charge in [-0.2, -0.15) is 0 Å². The number of hydrogen-bond acceptors (Lipinski definition) is 5. The standard InChI is InChI=1S/C31H28NO2.C15H28O2.Ir/c1-18(2)14-22-16-20-10-11-24-25-12-13-32-27(29(25)34-30(24)28(20)33-22)21-15-19-8-6-7-9-23(19)26(17-21)31(3,4)5;1-7-14(5,8-2)12(16)11-13(17)15(6,9-3)10-4;/h6-13,16-18H,14H2,1-5H3;11,16H,7-10H2,1-6H3;/q-1;;/b;12-11-;. The number of rotatable bonds is 10. The van der Waals surface area contributed by atoms with Crippen molar-refractivity contribution in [3.63, 3.8) is 0 Å². The molecule has 279 valence electrons. The zero-order valence-corrected chi connectivity index (χ0v) is 35.3. The second-order valence-corrected chi connectivity index (χ2v) is 16.1. The molecular formula is C46H56IrNO4-. The largest absolute Gasteiger partial charge is 0.512 e. The third kappa shape index (κ3) is 8.09. The summed E-state index contributed by atoms with van der Waals surface area (Å²) in [6.07, 6.45) is 7.53. The number of ketones is 1. The summed E-state index contributed by atoms with van der Waals surface area (Å²) in [5.41, 5.74) is 4.79. The van der Waals surface area contributed by atoms with E-state index in [2.05, 4.69) is 89.2 Å². The molecule has 6 aromatic rings. The molecule has 0 bridgehead atoms. The van der Waals surface area contributed by atoms with E-state index in [1.54, 1.807) is 0 Å². The van der Waals surface area contributed by atoms with Crippen molar-refractivity contribution in [2.75, 3.05) is 0 Å². The van der Waals surface area contributed by atoms with Crippen molar-refractivity contribution in [2.45, 2.75) is 114 Å². The van der Waals surface area contributed by atoms with Crippen molar-refractivity contribution in [3.8, 4) is 11.3 Å². The van der Waals surface area contributed by atoms with Gasteiger partial charge in [0.05, 0.1) is 0 Å². The fourth-order valence-electron chi connectivity index (χ4n) is 6.67. The van der Waals surface area contributed by atoms with E-state index in [9.17, 15) is 9.90 Å². The molecule has 5 nitrogen and oxygen atoms in total. The van der Waals surface area contributed by atoms with Crippen LogP contribution in [0, 0.1) is 22.8 Å². The van der Waals surface area contributed by atoms with E-state index >= 15 is 0 Å². The summed E-state index contributed by atoms with van der Waals surface area (Å²) in [6, 6.07) is 22.7. The number of aliphatic hydroxyl groups excluding tert-OH is 1. The maximum atomic E-state index is 12.2. The number of hydrogen-bond donors (Lipinski definition) is 1. The molecule has 0 spiro atoms. The Kier molecular flexibility index (Phi) is 12.7. The maximum Gasteiger partial charge on any atom is 0.177 e. The van der Waals surface area contributed by atoms with E-state index in [4.69, 9.17) is 13.8 Å². The van der Waals surface area contributed by atoms with E-state index in [0.29, 0.717) is 5.92 Å². The number of furan rings is 2. The van der Waals surface area contributed by atoms with Gasteiger partial charge in [-0.05, 0) is 55.2 Å². The Morgan fingerprint density at radius 1 is 0.808 bits per heavy atom. The molecule has 0 unspecified atom stereocenters. The Bertz CT molecular complexity index is 2200. The topological polar surface area (TPSA) is 76.5 Å². The van der Waals surface area contributed by atoms with Crippen LogP contribution in [-0.4, -0.2) is 15.9 Å². The Morgan fingerprint density at radius 3 is 2.06 bits per heavy atom. The van der Waals surface area contributed by atoms with Crippen LogP contribution in [0.4, 0.5) is 0 Å². The Labute approximate surface area is 323 Å². The molecule has 1 N–H and O–H groups in total. The first-order valence-corrected chi connectivity index (χ1v) is 18.7. The minimum Gasteiger partial charge on any atom is -0.512 e. The van der Waals surface area contributed by atoms with Crippen LogP contribution < -0.4 is 0 Å². The van der Waals surface area contributed by atoms with E-state index < -0.39 is 0 Å². The first kappa shape index (κ1) is 41.0. The molecule has 0 fully saturated rings. The number of carbonyl (C=O) groups excluding carboxylic acids is 1. The van der Waals surface area contributed by atoms with Crippen molar-refractivity contribution in [1.29, 1.82) is 0 Å². The van der Waals surface area contributed by atoms with Crippen molar-refractivity contribution in [3.05, 3.63) is 90.0 Å². The van der Waals surface area contributed by atoms with E-state index in [1.807, 2.05) is 53.8 Å². The third-order valence-corrected chi connectivity index (χ3v) is 11.1. The van der Waals surface area contributed by atoms with Gasteiger partial charge in [0.1, 0.15) is 17.1 Å². The minimum atomic E-state index is -0.337. The van der Waals surface area contributed by atoms with Gasteiger partial charge in [0.25, 0.3) is 0 Å². The van der Waals surface area contributed by atoms with E-state index in [-0.39, 0.29) is 47.9 Å². The number of pyridine rings is 1. The van der Waals surface area contributed by atoms with Crippen molar-refractivity contribution >= 4 is 49.5 Å². The molecule has 0 saturated heterocycles. The van der Waals surface area contributed by atoms with Crippen molar-refractivity contribution in [1.82, 2.24) is 4.98 Å². The van der Waals surface area contributed by atoms with Crippen molar-refractivity contribution < 1.29 is 38.8 Å². The summed E-state index contributed by atoms with van der Waals surface area (Å²) in [4.78, 5) is 17.0. The molecule has 0 saturated carbocycles. The summed E-state index contributed by atoms with van der Waals surface area (Å²) in [6.45, 7) is 23.2. The molecule has 6 heteroatoms. The summed E-state index contributed by atoms with van der Waals surface area (Å²) in [7, 11) is 0. The molecule has 0 aliphatic rings. The molecule has 52 heavy (non-hydrogen) atoms. The molecule has 3 heterocycles. The molecule has 0 atom stereocenters. The van der Waals surface area contributed by atoms with Crippen molar-refractivity contribution in [2.24, 2.45) is 16.7 Å². The van der Waals surface area contributed by atoms with E-state index in [1.165, 1.54) is 17.0 Å². The normalized spacial score (nSPS) is 12.8. The zero-order valence-electron chi connectivity index (χ0n) is 32.9. The number of fused-ring (bicyclic) bond motifs is 6. The van der Waals surface area contributed by atoms with Crippen LogP contribution in [0.3, 0.4) is 0 Å². The Balaban J connectivity index is 0.000000289. The summed E-state index contributed by atoms with van der Waals surface area (Å²) >= 11 is 0. The SMILES string of the molecule is CC(C)Cc1cc2ccc3c4ccnc(-c5[c-]c6ccccc6c(C(C)(C)C)c5)c4oc3c2o1.CCC(C)(CC)C(=O)/C=C(\O)C(C)(CC)CC.[Ir]. The Morgan fingerprint density at radius 2 is 1.44 bits per heavy atom. The van der Waals surface area contributed by atoms with Crippen LogP contribution in [0.5, 0.6) is 0 Å². The van der Waals surface area contributed by atoms with Crippen LogP contribution in [0.2, 0.25) is 0 Å². The predicted molar refractivity (Wildman–Crippen MR) is 213 cm³/mol. The fraction of sp³-hybridized carbons (Fsp3) is 0.435. The molecule has 3 aromatic heterocycles. The molecule has 0 aliphatic heterocycles. The Hall–Kier alpha value is -3.73. The minimum absolute atomic E-state index is 0. The third-order valence-electron chi connectivity index (χ3n) is 11.1. The number of allylic oxidation sites excluding steroid dienone is 2. The molecule has 1 radical (unpaired) electrons. The number of aliphatic hydroxyl groups is 1. The monoisotopic (exact) mass is 879 g/mol. The molecule has 0 aliphatic carbocycles. The first-order chi connectivity index (χ1) is 24.1. The molecule has 3 aromatic carbocycles. The van der Waals surface area contributed by atoms with E-state index in [0.717, 1.165) is 87.4 Å². The number of carbonyl (C=O) groups is 1. The van der Waals surface area contributed by atoms with Crippen LogP contribution in [0.25, 0.3) is 54.9 Å². The number of benzene rings is 3. The van der Waals surface area contributed by atoms with Gasteiger partial charge in [-0.3, -0.25) is 9.78 Å². The first-order valence-electron chi connectivity index (χ1n) is 18.7. The van der Waals surface area contributed by atoms with Gasteiger partial charge >= 0.3 is 0 Å². The average molecular weight is 879 g/mol. The van der Waals surface area contributed by atoms with Crippen LogP contribution >= 0.6 is 0 Å². The molecule has 0 amide bonds. The zero-order chi connectivity index (χ0) is 37.3. The van der Waals surface area contributed by atoms with Gasteiger partial charge in [0.2, 0.25) is 0 Å². The fourth-order valence-corrected chi connectivity index (χ4v) is 6.67. The van der Waals surface area contributed by atoms with Gasteiger partial charge in [-0.25, -0.2) is 0 Å². The predicted octanol–water partition coefficient (Wildman–Crippen LogP) is 13.5. The second kappa shape index (κ2) is 16.1. The average Bonchev–Trinajstić information content (AvgIpc) is 3.70. The van der Waals surface area contributed by atoms with Crippen LogP contribution in [-0.2, 0) is 36.7 Å². The molecular weight excluding hydrogens is 823 g/mol. The molecule has 6 rings (SSSR count). The van der Waals surface area contributed by atoms with Crippen LogP contribution in [0.1, 0.15) is 113 Å². The van der Waals surface area contributed by atoms with Gasteiger partial charge in [-0.1, -0.05) is 111 Å². The number of nitrogens with zero attached hydrogens (tertiary/aromatic N) is 1. The number of aromatic nitrogens is 1. The van der Waals surface area contributed by atoms with Crippen LogP contribution in [0.15, 0.2) is 81.5 Å². The summed E-state index contributed by atoms with van der Waals surface area (Å²) in [5, 5.41) is 15.6.